The number of hydrogen-bond donors (Lipinski definition) is 1. The van der Waals surface area contributed by atoms with Crippen molar-refractivity contribution in [2.45, 2.75) is 45.4 Å². The predicted octanol–water partition coefficient (Wildman–Crippen LogP) is 1.73. The van der Waals surface area contributed by atoms with E-state index < -0.39 is 0 Å². The fraction of sp³-hybridized carbons (Fsp3) is 0.750. The van der Waals surface area contributed by atoms with Gasteiger partial charge in [0.2, 0.25) is 0 Å². The molecule has 90 valence electrons. The van der Waals surface area contributed by atoms with Gasteiger partial charge in [0, 0.05) is 31.6 Å². The van der Waals surface area contributed by atoms with Crippen molar-refractivity contribution in [2.24, 2.45) is 0 Å². The zero-order valence-corrected chi connectivity index (χ0v) is 10.1. The van der Waals surface area contributed by atoms with Crippen LogP contribution in [-0.4, -0.2) is 28.7 Å². The standard InChI is InChI=1S/C12H21N3O/c1-3-13-10-6-5-9-16-11(10)12-14-7-8-15(12)4-2/h7-8,10-11,13H,3-6,9H2,1-2H3/t10-,11-/m1/s1. The minimum Gasteiger partial charge on any atom is -0.369 e. The first kappa shape index (κ1) is 11.6. The quantitative estimate of drug-likeness (QED) is 0.845. The van der Waals surface area contributed by atoms with Gasteiger partial charge in [-0.05, 0) is 26.3 Å². The van der Waals surface area contributed by atoms with E-state index in [1.54, 1.807) is 0 Å². The smallest absolute Gasteiger partial charge is 0.139 e. The second-order valence-corrected chi connectivity index (χ2v) is 4.17. The van der Waals surface area contributed by atoms with Gasteiger partial charge in [0.1, 0.15) is 11.9 Å². The van der Waals surface area contributed by atoms with Gasteiger partial charge in [0.25, 0.3) is 0 Å². The number of nitrogens with one attached hydrogen (secondary N) is 1. The molecule has 4 nitrogen and oxygen atoms in total. The fourth-order valence-corrected chi connectivity index (χ4v) is 2.35. The summed E-state index contributed by atoms with van der Waals surface area (Å²) in [5, 5.41) is 3.50. The Balaban J connectivity index is 2.16. The number of aryl methyl sites for hydroxylation is 1. The molecule has 1 fully saturated rings. The summed E-state index contributed by atoms with van der Waals surface area (Å²) < 4.78 is 8.05. The largest absolute Gasteiger partial charge is 0.369 e. The van der Waals surface area contributed by atoms with Crippen molar-refractivity contribution < 1.29 is 4.74 Å². The molecule has 2 heterocycles. The summed E-state index contributed by atoms with van der Waals surface area (Å²) in [5.41, 5.74) is 0. The van der Waals surface area contributed by atoms with Crippen LogP contribution in [0.25, 0.3) is 0 Å². The lowest BCUT2D eigenvalue weighted by molar-refractivity contribution is -0.0172. The second-order valence-electron chi connectivity index (χ2n) is 4.17. The van der Waals surface area contributed by atoms with Crippen LogP contribution in [0.5, 0.6) is 0 Å². The number of rotatable bonds is 4. The van der Waals surface area contributed by atoms with Crippen molar-refractivity contribution in [2.75, 3.05) is 13.2 Å². The lowest BCUT2D eigenvalue weighted by Gasteiger charge is -2.32. The Bertz CT molecular complexity index is 322. The minimum absolute atomic E-state index is 0.114. The third kappa shape index (κ3) is 2.28. The van der Waals surface area contributed by atoms with E-state index >= 15 is 0 Å². The molecule has 1 saturated heterocycles. The molecular weight excluding hydrogens is 202 g/mol. The maximum atomic E-state index is 5.88. The molecule has 1 N–H and O–H groups in total. The number of aromatic nitrogens is 2. The van der Waals surface area contributed by atoms with Crippen molar-refractivity contribution in [3.05, 3.63) is 18.2 Å². The van der Waals surface area contributed by atoms with Gasteiger partial charge in [-0.1, -0.05) is 6.92 Å². The Morgan fingerprint density at radius 1 is 1.56 bits per heavy atom. The highest BCUT2D eigenvalue weighted by molar-refractivity contribution is 5.02. The van der Waals surface area contributed by atoms with Crippen LogP contribution in [-0.2, 0) is 11.3 Å². The van der Waals surface area contributed by atoms with Gasteiger partial charge in [-0.2, -0.15) is 0 Å². The molecule has 0 saturated carbocycles. The normalized spacial score (nSPS) is 25.9. The molecule has 16 heavy (non-hydrogen) atoms. The first-order chi connectivity index (χ1) is 7.86. The Kier molecular flexibility index (Phi) is 3.96. The lowest BCUT2D eigenvalue weighted by atomic mass is 10.0. The average Bonchev–Trinajstić information content (AvgIpc) is 2.78. The number of imidazole rings is 1. The summed E-state index contributed by atoms with van der Waals surface area (Å²) >= 11 is 0. The summed E-state index contributed by atoms with van der Waals surface area (Å²) in [6.45, 7) is 7.06. The van der Waals surface area contributed by atoms with Crippen molar-refractivity contribution >= 4 is 0 Å². The average molecular weight is 223 g/mol. The molecule has 1 aliphatic heterocycles. The first-order valence-corrected chi connectivity index (χ1v) is 6.22. The number of hydrogen-bond acceptors (Lipinski definition) is 3. The van der Waals surface area contributed by atoms with E-state index in [4.69, 9.17) is 4.74 Å². The maximum absolute atomic E-state index is 5.88. The van der Waals surface area contributed by atoms with Crippen LogP contribution in [0.4, 0.5) is 0 Å². The molecule has 0 aliphatic carbocycles. The molecule has 0 bridgehead atoms. The third-order valence-corrected chi connectivity index (χ3v) is 3.13. The zero-order chi connectivity index (χ0) is 11.4. The van der Waals surface area contributed by atoms with Gasteiger partial charge in [-0.15, -0.1) is 0 Å². The lowest BCUT2D eigenvalue weighted by Crippen LogP contribution is -2.40. The highest BCUT2D eigenvalue weighted by atomic mass is 16.5. The molecule has 1 aromatic heterocycles. The molecule has 1 aromatic rings. The first-order valence-electron chi connectivity index (χ1n) is 6.22. The van der Waals surface area contributed by atoms with Crippen molar-refractivity contribution in [1.29, 1.82) is 0 Å². The van der Waals surface area contributed by atoms with Crippen LogP contribution in [0.3, 0.4) is 0 Å². The van der Waals surface area contributed by atoms with E-state index in [1.165, 1.54) is 6.42 Å². The molecule has 2 atom stereocenters. The van der Waals surface area contributed by atoms with Crippen LogP contribution in [0.15, 0.2) is 12.4 Å². The van der Waals surface area contributed by atoms with Crippen LogP contribution >= 0.6 is 0 Å². The van der Waals surface area contributed by atoms with Gasteiger partial charge in [0.05, 0.1) is 0 Å². The monoisotopic (exact) mass is 223 g/mol. The topological polar surface area (TPSA) is 39.1 Å². The molecule has 0 radical (unpaired) electrons. The third-order valence-electron chi connectivity index (χ3n) is 3.13. The van der Waals surface area contributed by atoms with E-state index in [9.17, 15) is 0 Å². The van der Waals surface area contributed by atoms with E-state index in [1.807, 2.05) is 12.4 Å². The summed E-state index contributed by atoms with van der Waals surface area (Å²) in [4.78, 5) is 4.44. The molecule has 2 rings (SSSR count). The van der Waals surface area contributed by atoms with Crippen molar-refractivity contribution in [3.8, 4) is 0 Å². The van der Waals surface area contributed by atoms with Crippen molar-refractivity contribution in [3.63, 3.8) is 0 Å². The Hall–Kier alpha value is -0.870. The zero-order valence-electron chi connectivity index (χ0n) is 10.1. The van der Waals surface area contributed by atoms with Gasteiger partial charge >= 0.3 is 0 Å². The van der Waals surface area contributed by atoms with Crippen LogP contribution in [0.2, 0.25) is 0 Å². The van der Waals surface area contributed by atoms with E-state index in [-0.39, 0.29) is 6.10 Å². The van der Waals surface area contributed by atoms with Gasteiger partial charge < -0.3 is 14.6 Å². The summed E-state index contributed by atoms with van der Waals surface area (Å²) in [6, 6.07) is 0.409. The molecule has 4 heteroatoms. The van der Waals surface area contributed by atoms with Gasteiger partial charge in [-0.25, -0.2) is 4.98 Å². The maximum Gasteiger partial charge on any atom is 0.139 e. The second kappa shape index (κ2) is 5.46. The Morgan fingerprint density at radius 3 is 3.19 bits per heavy atom. The van der Waals surface area contributed by atoms with E-state index in [2.05, 4.69) is 28.7 Å². The van der Waals surface area contributed by atoms with Crippen molar-refractivity contribution in [1.82, 2.24) is 14.9 Å². The van der Waals surface area contributed by atoms with Gasteiger partial charge in [0.15, 0.2) is 0 Å². The number of ether oxygens (including phenoxy) is 1. The van der Waals surface area contributed by atoms with E-state index in [0.717, 1.165) is 31.9 Å². The van der Waals surface area contributed by atoms with Gasteiger partial charge in [-0.3, -0.25) is 0 Å². The molecule has 0 amide bonds. The van der Waals surface area contributed by atoms with Crippen LogP contribution in [0, 0.1) is 0 Å². The predicted molar refractivity (Wildman–Crippen MR) is 63.3 cm³/mol. The fourth-order valence-electron chi connectivity index (χ4n) is 2.35. The molecule has 0 spiro atoms. The molecule has 1 aliphatic rings. The van der Waals surface area contributed by atoms with Crippen LogP contribution < -0.4 is 5.32 Å². The minimum atomic E-state index is 0.114. The summed E-state index contributed by atoms with van der Waals surface area (Å²) in [7, 11) is 0. The highest BCUT2D eigenvalue weighted by Gasteiger charge is 2.29. The summed E-state index contributed by atoms with van der Waals surface area (Å²) in [6.07, 6.45) is 6.32. The molecule has 0 aromatic carbocycles. The number of nitrogens with zero attached hydrogens (tertiary/aromatic N) is 2. The molecule has 0 unspecified atom stereocenters. The Labute approximate surface area is 97.0 Å². The molecular formula is C12H21N3O. The Morgan fingerprint density at radius 2 is 2.44 bits per heavy atom. The van der Waals surface area contributed by atoms with Crippen LogP contribution in [0.1, 0.15) is 38.6 Å². The SMILES string of the molecule is CCN[C@@H]1CCCO[C@H]1c1nccn1CC. The van der Waals surface area contributed by atoms with E-state index in [0.29, 0.717) is 6.04 Å². The summed E-state index contributed by atoms with van der Waals surface area (Å²) in [5.74, 6) is 1.06. The highest BCUT2D eigenvalue weighted by Crippen LogP contribution is 2.27. The number of likely N-dealkylation sites (N-methyl/N-ethyl adjacent to an activating group) is 1.